The Morgan fingerprint density at radius 3 is 1.65 bits per heavy atom. The number of hydrazone groups is 2. The smallest absolute Gasteiger partial charge is 0.207 e. The van der Waals surface area contributed by atoms with Crippen LogP contribution in [0.3, 0.4) is 0 Å². The van der Waals surface area contributed by atoms with Crippen molar-refractivity contribution in [3.63, 3.8) is 0 Å². The first-order valence-electron chi connectivity index (χ1n) is 7.39. The molecule has 0 spiro atoms. The molecule has 0 radical (unpaired) electrons. The molecular weight excluding hydrogens is 356 g/mol. The maximum Gasteiger partial charge on any atom is 0.207 e. The summed E-state index contributed by atoms with van der Waals surface area (Å²) in [4.78, 5) is 0. The Morgan fingerprint density at radius 1 is 0.885 bits per heavy atom. The van der Waals surface area contributed by atoms with E-state index in [1.165, 1.54) is 38.8 Å². The Morgan fingerprint density at radius 2 is 1.31 bits per heavy atom. The highest BCUT2D eigenvalue weighted by molar-refractivity contribution is 7.80. The Hall–Kier alpha value is -3.33. The van der Waals surface area contributed by atoms with Crippen molar-refractivity contribution >= 4 is 29.8 Å². The topological polar surface area (TPSA) is 108 Å². The third-order valence-corrected chi connectivity index (χ3v) is 3.40. The Balaban J connectivity index is 1.87. The normalized spacial score (nSPS) is 10.8. The van der Waals surface area contributed by atoms with E-state index in [9.17, 15) is 10.2 Å². The van der Waals surface area contributed by atoms with E-state index in [0.29, 0.717) is 22.6 Å². The van der Waals surface area contributed by atoms with Gasteiger partial charge in [0.15, 0.2) is 0 Å². The fourth-order valence-electron chi connectivity index (χ4n) is 1.87. The second-order valence-corrected chi connectivity index (χ2v) is 5.33. The van der Waals surface area contributed by atoms with Crippen LogP contribution >= 0.6 is 12.2 Å². The van der Waals surface area contributed by atoms with Gasteiger partial charge in [-0.25, -0.2) is 0 Å². The van der Waals surface area contributed by atoms with Gasteiger partial charge in [0.1, 0.15) is 23.0 Å². The SMILES string of the molecule is COc1ccc(C=NNC(=S)NN=Cc2ccc(OC)cc2O)c(O)c1. The van der Waals surface area contributed by atoms with Gasteiger partial charge in [-0.05, 0) is 36.5 Å². The minimum absolute atomic E-state index is 0.0294. The zero-order valence-electron chi connectivity index (χ0n) is 14.1. The lowest BCUT2D eigenvalue weighted by Gasteiger charge is -2.04. The Labute approximate surface area is 155 Å². The first-order valence-corrected chi connectivity index (χ1v) is 7.80. The van der Waals surface area contributed by atoms with Crippen LogP contribution in [0.4, 0.5) is 0 Å². The van der Waals surface area contributed by atoms with Crippen molar-refractivity contribution in [2.45, 2.75) is 0 Å². The number of benzene rings is 2. The second kappa shape index (κ2) is 9.23. The van der Waals surface area contributed by atoms with Crippen molar-refractivity contribution in [1.29, 1.82) is 0 Å². The van der Waals surface area contributed by atoms with Crippen LogP contribution < -0.4 is 20.3 Å². The predicted molar refractivity (Wildman–Crippen MR) is 103 cm³/mol. The molecule has 0 aromatic heterocycles. The number of thiocarbonyl (C=S) groups is 1. The third-order valence-electron chi connectivity index (χ3n) is 3.21. The van der Waals surface area contributed by atoms with E-state index in [2.05, 4.69) is 21.1 Å². The molecule has 136 valence electrons. The van der Waals surface area contributed by atoms with E-state index in [0.717, 1.165) is 0 Å². The molecule has 0 unspecified atom stereocenters. The summed E-state index contributed by atoms with van der Waals surface area (Å²) in [7, 11) is 3.03. The monoisotopic (exact) mass is 374 g/mol. The lowest BCUT2D eigenvalue weighted by molar-refractivity contribution is 0.407. The molecule has 0 saturated heterocycles. The molecule has 4 N–H and O–H groups in total. The van der Waals surface area contributed by atoms with Crippen LogP contribution in [0.25, 0.3) is 0 Å². The molecule has 2 rings (SSSR count). The standard InChI is InChI=1S/C17H18N4O4S/c1-24-13-5-3-11(15(22)7-13)9-18-20-17(26)21-19-10-12-4-6-14(25-2)8-16(12)23/h3-10,22-23H,1-2H3,(H2,20,21,26). The molecule has 0 saturated carbocycles. The molecule has 9 heteroatoms. The number of hydrogen-bond donors (Lipinski definition) is 4. The van der Waals surface area contributed by atoms with Gasteiger partial charge in [0.2, 0.25) is 5.11 Å². The lowest BCUT2D eigenvalue weighted by atomic mass is 10.2. The van der Waals surface area contributed by atoms with Crippen LogP contribution in [0, 0.1) is 0 Å². The van der Waals surface area contributed by atoms with E-state index < -0.39 is 0 Å². The summed E-state index contributed by atoms with van der Waals surface area (Å²) in [6.07, 6.45) is 2.81. The molecular formula is C17H18N4O4S. The number of rotatable bonds is 6. The first-order chi connectivity index (χ1) is 12.5. The quantitative estimate of drug-likeness (QED) is 0.348. The second-order valence-electron chi connectivity index (χ2n) is 4.92. The van der Waals surface area contributed by atoms with Crippen LogP contribution in [-0.2, 0) is 0 Å². The van der Waals surface area contributed by atoms with Crippen molar-refractivity contribution in [1.82, 2.24) is 10.9 Å². The zero-order valence-corrected chi connectivity index (χ0v) is 14.9. The van der Waals surface area contributed by atoms with Gasteiger partial charge in [-0.3, -0.25) is 10.9 Å². The maximum atomic E-state index is 9.81. The fraction of sp³-hybridized carbons (Fsp3) is 0.118. The molecule has 0 aliphatic heterocycles. The van der Waals surface area contributed by atoms with Crippen molar-refractivity contribution < 1.29 is 19.7 Å². The summed E-state index contributed by atoms with van der Waals surface area (Å²) in [5.74, 6) is 1.14. The van der Waals surface area contributed by atoms with Gasteiger partial charge in [0.05, 0.1) is 26.6 Å². The summed E-state index contributed by atoms with van der Waals surface area (Å²) in [5.41, 5.74) is 6.10. The Kier molecular flexibility index (Phi) is 6.75. The molecule has 0 aliphatic carbocycles. The minimum atomic E-state index is 0.0294. The van der Waals surface area contributed by atoms with Crippen LogP contribution in [-0.4, -0.2) is 42.0 Å². The molecule has 2 aromatic carbocycles. The maximum absolute atomic E-state index is 9.81. The molecule has 0 aliphatic rings. The van der Waals surface area contributed by atoms with Gasteiger partial charge < -0.3 is 19.7 Å². The van der Waals surface area contributed by atoms with Gasteiger partial charge >= 0.3 is 0 Å². The predicted octanol–water partition coefficient (Wildman–Crippen LogP) is 1.95. The number of ether oxygens (including phenoxy) is 2. The van der Waals surface area contributed by atoms with Gasteiger partial charge in [-0.2, -0.15) is 10.2 Å². The summed E-state index contributed by atoms with van der Waals surface area (Å²) in [5, 5.41) is 27.6. The lowest BCUT2D eigenvalue weighted by Crippen LogP contribution is -2.28. The van der Waals surface area contributed by atoms with E-state index in [4.69, 9.17) is 21.7 Å². The molecule has 0 fully saturated rings. The molecule has 26 heavy (non-hydrogen) atoms. The molecule has 0 amide bonds. The third kappa shape index (κ3) is 5.35. The van der Waals surface area contributed by atoms with Crippen molar-refractivity contribution in [3.05, 3.63) is 47.5 Å². The van der Waals surface area contributed by atoms with E-state index in [-0.39, 0.29) is 16.6 Å². The average molecular weight is 374 g/mol. The summed E-state index contributed by atoms with van der Waals surface area (Å²) >= 11 is 5.01. The van der Waals surface area contributed by atoms with Crippen molar-refractivity contribution in [2.75, 3.05) is 14.2 Å². The number of phenolic OH excluding ortho intramolecular Hbond substituents is 2. The number of nitrogens with zero attached hydrogens (tertiary/aromatic N) is 2. The summed E-state index contributed by atoms with van der Waals surface area (Å²) < 4.78 is 10.0. The number of hydrogen-bond acceptors (Lipinski definition) is 7. The van der Waals surface area contributed by atoms with Gasteiger partial charge in [0.25, 0.3) is 0 Å². The van der Waals surface area contributed by atoms with Crippen LogP contribution in [0.5, 0.6) is 23.0 Å². The van der Waals surface area contributed by atoms with E-state index in [1.807, 2.05) is 0 Å². The van der Waals surface area contributed by atoms with Gasteiger partial charge in [0, 0.05) is 23.3 Å². The highest BCUT2D eigenvalue weighted by Gasteiger charge is 2.01. The summed E-state index contributed by atoms with van der Waals surface area (Å²) in [6.45, 7) is 0. The van der Waals surface area contributed by atoms with Crippen LogP contribution in [0.1, 0.15) is 11.1 Å². The van der Waals surface area contributed by atoms with Crippen LogP contribution in [0.2, 0.25) is 0 Å². The molecule has 2 aromatic rings. The first kappa shape index (κ1) is 19.0. The van der Waals surface area contributed by atoms with Crippen molar-refractivity contribution in [3.8, 4) is 23.0 Å². The van der Waals surface area contributed by atoms with Crippen LogP contribution in [0.15, 0.2) is 46.6 Å². The van der Waals surface area contributed by atoms with Crippen molar-refractivity contribution in [2.24, 2.45) is 10.2 Å². The fourth-order valence-corrected chi connectivity index (χ4v) is 1.97. The summed E-state index contributed by atoms with van der Waals surface area (Å²) in [6, 6.07) is 9.65. The molecule has 0 bridgehead atoms. The highest BCUT2D eigenvalue weighted by Crippen LogP contribution is 2.22. The number of nitrogens with one attached hydrogen (secondary N) is 2. The number of methoxy groups -OCH3 is 2. The minimum Gasteiger partial charge on any atom is -0.507 e. The van der Waals surface area contributed by atoms with Gasteiger partial charge in [-0.15, -0.1) is 0 Å². The number of phenols is 2. The average Bonchev–Trinajstić information content (AvgIpc) is 2.64. The van der Waals surface area contributed by atoms with E-state index >= 15 is 0 Å². The Bertz CT molecular complexity index is 772. The zero-order chi connectivity index (χ0) is 18.9. The highest BCUT2D eigenvalue weighted by atomic mass is 32.1. The molecule has 0 heterocycles. The van der Waals surface area contributed by atoms with E-state index in [1.54, 1.807) is 24.3 Å². The molecule has 0 atom stereocenters. The van der Waals surface area contributed by atoms with Gasteiger partial charge in [-0.1, -0.05) is 0 Å². The number of aromatic hydroxyl groups is 2. The largest absolute Gasteiger partial charge is 0.507 e. The molecule has 8 nitrogen and oxygen atoms in total.